The van der Waals surface area contributed by atoms with Crippen molar-refractivity contribution in [2.75, 3.05) is 7.11 Å². The molecule has 0 radical (unpaired) electrons. The first kappa shape index (κ1) is 15.9. The van der Waals surface area contributed by atoms with Crippen molar-refractivity contribution >= 4 is 16.8 Å². The number of amides is 1. The van der Waals surface area contributed by atoms with E-state index < -0.39 is 5.91 Å². The minimum Gasteiger partial charge on any atom is -0.497 e. The number of H-pyrrole nitrogens is 1. The van der Waals surface area contributed by atoms with E-state index in [1.165, 1.54) is 0 Å². The first-order valence-electron chi connectivity index (χ1n) is 8.06. The van der Waals surface area contributed by atoms with Crippen LogP contribution in [-0.4, -0.2) is 28.1 Å². The summed E-state index contributed by atoms with van der Waals surface area (Å²) >= 11 is 0. The molecule has 0 aliphatic rings. The molecule has 4 aromatic rings. The number of rotatable bonds is 5. The molecule has 2 aromatic carbocycles. The van der Waals surface area contributed by atoms with Crippen molar-refractivity contribution < 1.29 is 14.1 Å². The zero-order valence-corrected chi connectivity index (χ0v) is 14.0. The van der Waals surface area contributed by atoms with Crippen LogP contribution >= 0.6 is 0 Å². The van der Waals surface area contributed by atoms with Gasteiger partial charge < -0.3 is 19.6 Å². The number of nitrogens with one attached hydrogen (secondary N) is 2. The number of aromatic amines is 1. The molecular weight excluding hydrogens is 332 g/mol. The van der Waals surface area contributed by atoms with Gasteiger partial charge >= 0.3 is 11.8 Å². The number of benzene rings is 2. The van der Waals surface area contributed by atoms with Crippen LogP contribution in [0.3, 0.4) is 0 Å². The lowest BCUT2D eigenvalue weighted by Crippen LogP contribution is -2.23. The van der Waals surface area contributed by atoms with E-state index in [2.05, 4.69) is 20.4 Å². The first-order chi connectivity index (χ1) is 12.7. The Hall–Kier alpha value is -3.61. The molecule has 0 fully saturated rings. The van der Waals surface area contributed by atoms with Gasteiger partial charge in [-0.15, -0.1) is 0 Å². The summed E-state index contributed by atoms with van der Waals surface area (Å²) in [6.07, 6.45) is 1.80. The normalized spacial score (nSPS) is 10.8. The predicted molar refractivity (Wildman–Crippen MR) is 95.8 cm³/mol. The maximum absolute atomic E-state index is 12.2. The van der Waals surface area contributed by atoms with Gasteiger partial charge in [0, 0.05) is 29.2 Å². The number of methoxy groups -OCH3 is 1. The van der Waals surface area contributed by atoms with Crippen molar-refractivity contribution in [1.82, 2.24) is 20.4 Å². The second kappa shape index (κ2) is 6.72. The molecule has 4 rings (SSSR count). The molecule has 0 saturated carbocycles. The number of carbonyl (C=O) groups excluding carboxylic acids is 1. The lowest BCUT2D eigenvalue weighted by Gasteiger charge is -2.04. The predicted octanol–water partition coefficient (Wildman–Crippen LogP) is 3.16. The van der Waals surface area contributed by atoms with Gasteiger partial charge in [-0.05, 0) is 23.8 Å². The highest BCUT2D eigenvalue weighted by molar-refractivity contribution is 5.94. The quantitative estimate of drug-likeness (QED) is 0.578. The Balaban J connectivity index is 1.47. The summed E-state index contributed by atoms with van der Waals surface area (Å²) in [4.78, 5) is 19.6. The molecule has 1 amide bonds. The maximum Gasteiger partial charge on any atom is 0.316 e. The smallest absolute Gasteiger partial charge is 0.316 e. The van der Waals surface area contributed by atoms with Gasteiger partial charge in [-0.25, -0.2) is 0 Å². The third-order valence-electron chi connectivity index (χ3n) is 4.06. The van der Waals surface area contributed by atoms with Gasteiger partial charge in [0.2, 0.25) is 5.82 Å². The highest BCUT2D eigenvalue weighted by Crippen LogP contribution is 2.26. The number of fused-ring (bicyclic) bond motifs is 1. The van der Waals surface area contributed by atoms with Gasteiger partial charge in [-0.1, -0.05) is 35.5 Å². The van der Waals surface area contributed by atoms with Crippen molar-refractivity contribution in [2.45, 2.75) is 6.54 Å². The van der Waals surface area contributed by atoms with Crippen LogP contribution in [0.25, 0.3) is 22.3 Å². The van der Waals surface area contributed by atoms with E-state index in [9.17, 15) is 4.79 Å². The van der Waals surface area contributed by atoms with E-state index in [1.54, 1.807) is 13.3 Å². The molecule has 0 saturated heterocycles. The van der Waals surface area contributed by atoms with Crippen LogP contribution in [0.1, 0.15) is 16.2 Å². The average molecular weight is 348 g/mol. The summed E-state index contributed by atoms with van der Waals surface area (Å²) in [6.45, 7) is 0.355. The van der Waals surface area contributed by atoms with Gasteiger partial charge in [0.25, 0.3) is 0 Å². The van der Waals surface area contributed by atoms with Gasteiger partial charge in [0.05, 0.1) is 7.11 Å². The fourth-order valence-corrected chi connectivity index (χ4v) is 2.68. The number of para-hydroxylation sites is 1. The molecule has 0 aliphatic carbocycles. The molecule has 2 aromatic heterocycles. The summed E-state index contributed by atoms with van der Waals surface area (Å²) in [7, 11) is 1.61. The molecule has 0 unspecified atom stereocenters. The van der Waals surface area contributed by atoms with E-state index in [1.807, 2.05) is 48.5 Å². The van der Waals surface area contributed by atoms with Crippen molar-refractivity contribution in [2.24, 2.45) is 0 Å². The van der Waals surface area contributed by atoms with Crippen LogP contribution in [-0.2, 0) is 6.54 Å². The lowest BCUT2D eigenvalue weighted by molar-refractivity contribution is 0.0907. The highest BCUT2D eigenvalue weighted by Gasteiger charge is 2.17. The molecule has 0 bridgehead atoms. The third kappa shape index (κ3) is 3.02. The summed E-state index contributed by atoms with van der Waals surface area (Å²) in [6, 6.07) is 15.2. The minimum absolute atomic E-state index is 0.0706. The number of nitrogens with zero attached hydrogens (tertiary/aromatic N) is 2. The molecule has 130 valence electrons. The number of carbonyl (C=O) groups is 1. The Morgan fingerprint density at radius 1 is 1.19 bits per heavy atom. The van der Waals surface area contributed by atoms with E-state index in [4.69, 9.17) is 9.26 Å². The minimum atomic E-state index is -0.417. The van der Waals surface area contributed by atoms with Gasteiger partial charge in [-0.2, -0.15) is 4.98 Å². The molecule has 0 atom stereocenters. The first-order valence-corrected chi connectivity index (χ1v) is 8.06. The standard InChI is InChI=1S/C19H16N4O3/c1-25-13-8-6-12(7-9-13)10-21-18(24)19-22-17(23-26-19)15-11-20-16-5-3-2-4-14(15)16/h2-9,11,20H,10H2,1H3,(H,21,24). The van der Waals surface area contributed by atoms with Crippen molar-refractivity contribution in [3.63, 3.8) is 0 Å². The zero-order chi connectivity index (χ0) is 17.9. The Kier molecular flexibility index (Phi) is 4.10. The molecule has 0 aliphatic heterocycles. The number of hydrogen-bond acceptors (Lipinski definition) is 5. The van der Waals surface area contributed by atoms with E-state index in [0.29, 0.717) is 12.4 Å². The van der Waals surface area contributed by atoms with Crippen molar-refractivity contribution in [3.05, 3.63) is 66.2 Å². The summed E-state index contributed by atoms with van der Waals surface area (Å²) in [5, 5.41) is 7.66. The number of ether oxygens (including phenoxy) is 1. The third-order valence-corrected chi connectivity index (χ3v) is 4.06. The van der Waals surface area contributed by atoms with Crippen LogP contribution in [0, 0.1) is 0 Å². The van der Waals surface area contributed by atoms with Crippen molar-refractivity contribution in [1.29, 1.82) is 0 Å². The second-order valence-electron chi connectivity index (χ2n) is 5.70. The van der Waals surface area contributed by atoms with Crippen LogP contribution in [0.15, 0.2) is 59.3 Å². The second-order valence-corrected chi connectivity index (χ2v) is 5.70. The molecule has 2 heterocycles. The summed E-state index contributed by atoms with van der Waals surface area (Å²) < 4.78 is 10.2. The Morgan fingerprint density at radius 3 is 2.81 bits per heavy atom. The van der Waals surface area contributed by atoms with Gasteiger partial charge in [0.15, 0.2) is 0 Å². The Labute approximate surface area is 149 Å². The van der Waals surface area contributed by atoms with Gasteiger partial charge in [0.1, 0.15) is 5.75 Å². The van der Waals surface area contributed by atoms with Crippen molar-refractivity contribution in [3.8, 4) is 17.1 Å². The topological polar surface area (TPSA) is 93.0 Å². The van der Waals surface area contributed by atoms with Crippen LogP contribution in [0.5, 0.6) is 5.75 Å². The Morgan fingerprint density at radius 2 is 2.00 bits per heavy atom. The lowest BCUT2D eigenvalue weighted by atomic mass is 10.2. The molecule has 7 nitrogen and oxygen atoms in total. The van der Waals surface area contributed by atoms with E-state index in [-0.39, 0.29) is 5.89 Å². The Bertz CT molecular complexity index is 1050. The molecular formula is C19H16N4O3. The fourth-order valence-electron chi connectivity index (χ4n) is 2.68. The molecule has 26 heavy (non-hydrogen) atoms. The molecule has 2 N–H and O–H groups in total. The summed E-state index contributed by atoms with van der Waals surface area (Å²) in [5.41, 5.74) is 2.70. The monoisotopic (exact) mass is 348 g/mol. The summed E-state index contributed by atoms with van der Waals surface area (Å²) in [5.74, 6) is 0.649. The maximum atomic E-state index is 12.2. The zero-order valence-electron chi connectivity index (χ0n) is 14.0. The SMILES string of the molecule is COc1ccc(CNC(=O)c2nc(-c3c[nH]c4ccccc34)no2)cc1. The number of aromatic nitrogens is 3. The van der Waals surface area contributed by atoms with Crippen LogP contribution in [0.4, 0.5) is 0 Å². The molecule has 0 spiro atoms. The highest BCUT2D eigenvalue weighted by atomic mass is 16.5. The van der Waals surface area contributed by atoms with Crippen LogP contribution < -0.4 is 10.1 Å². The molecule has 7 heteroatoms. The number of hydrogen-bond donors (Lipinski definition) is 2. The largest absolute Gasteiger partial charge is 0.497 e. The average Bonchev–Trinajstić information content (AvgIpc) is 3.33. The van der Waals surface area contributed by atoms with E-state index in [0.717, 1.165) is 27.8 Å². The van der Waals surface area contributed by atoms with Crippen LogP contribution in [0.2, 0.25) is 0 Å². The fraction of sp³-hybridized carbons (Fsp3) is 0.105. The van der Waals surface area contributed by atoms with E-state index >= 15 is 0 Å². The van der Waals surface area contributed by atoms with Gasteiger partial charge in [-0.3, -0.25) is 4.79 Å².